The van der Waals surface area contributed by atoms with E-state index >= 15 is 0 Å². The molecule has 0 fully saturated rings. The molecular formula is C11H5BrClFN4. The molecule has 7 heteroatoms. The molecule has 0 saturated carbocycles. The number of benzene rings is 1. The summed E-state index contributed by atoms with van der Waals surface area (Å²) in [5.41, 5.74) is 0.743. The summed E-state index contributed by atoms with van der Waals surface area (Å²) in [7, 11) is 0. The van der Waals surface area contributed by atoms with Crippen LogP contribution in [0.1, 0.15) is 5.56 Å². The third-order valence-corrected chi connectivity index (χ3v) is 3.01. The van der Waals surface area contributed by atoms with Crippen LogP contribution in [0.25, 0.3) is 0 Å². The van der Waals surface area contributed by atoms with Crippen LogP contribution < -0.4 is 5.32 Å². The van der Waals surface area contributed by atoms with Crippen molar-refractivity contribution in [1.29, 1.82) is 5.26 Å². The number of hydrogen-bond donors (Lipinski definition) is 1. The van der Waals surface area contributed by atoms with Gasteiger partial charge < -0.3 is 5.32 Å². The van der Waals surface area contributed by atoms with Crippen molar-refractivity contribution in [3.05, 3.63) is 45.3 Å². The van der Waals surface area contributed by atoms with Crippen molar-refractivity contribution in [3.63, 3.8) is 0 Å². The first kappa shape index (κ1) is 12.7. The molecule has 1 N–H and O–H groups in total. The number of halogens is 3. The summed E-state index contributed by atoms with van der Waals surface area (Å²) in [4.78, 5) is 0. The first-order valence-corrected chi connectivity index (χ1v) is 5.92. The molecule has 18 heavy (non-hydrogen) atoms. The molecular weight excluding hydrogens is 323 g/mol. The molecule has 0 amide bonds. The van der Waals surface area contributed by atoms with Crippen LogP contribution in [0.3, 0.4) is 0 Å². The molecule has 90 valence electrons. The number of aromatic nitrogens is 2. The molecule has 0 atom stereocenters. The average molecular weight is 328 g/mol. The van der Waals surface area contributed by atoms with E-state index < -0.39 is 5.82 Å². The van der Waals surface area contributed by atoms with Crippen molar-refractivity contribution >= 4 is 39.0 Å². The molecule has 0 bridgehead atoms. The number of rotatable bonds is 2. The smallest absolute Gasteiger partial charge is 0.171 e. The van der Waals surface area contributed by atoms with E-state index in [0.717, 1.165) is 6.07 Å². The quantitative estimate of drug-likeness (QED) is 0.914. The Labute approximate surface area is 116 Å². The molecule has 0 aliphatic rings. The van der Waals surface area contributed by atoms with Gasteiger partial charge in [-0.05, 0) is 34.1 Å². The van der Waals surface area contributed by atoms with Crippen LogP contribution in [0.2, 0.25) is 5.02 Å². The van der Waals surface area contributed by atoms with Gasteiger partial charge in [-0.15, -0.1) is 5.10 Å². The summed E-state index contributed by atoms with van der Waals surface area (Å²) in [6, 6.07) is 5.91. The summed E-state index contributed by atoms with van der Waals surface area (Å²) >= 11 is 9.10. The number of hydrogen-bond acceptors (Lipinski definition) is 4. The number of nitrogens with one attached hydrogen (secondary N) is 1. The van der Waals surface area contributed by atoms with Crippen LogP contribution in [-0.2, 0) is 0 Å². The Bertz CT molecular complexity index is 618. The monoisotopic (exact) mass is 326 g/mol. The molecule has 1 heterocycles. The Morgan fingerprint density at radius 2 is 2.22 bits per heavy atom. The molecule has 0 unspecified atom stereocenters. The van der Waals surface area contributed by atoms with Crippen LogP contribution in [0.4, 0.5) is 15.9 Å². The van der Waals surface area contributed by atoms with Crippen LogP contribution >= 0.6 is 27.5 Å². The first-order valence-electron chi connectivity index (χ1n) is 4.75. The van der Waals surface area contributed by atoms with Crippen molar-refractivity contribution in [2.75, 3.05) is 5.32 Å². The maximum absolute atomic E-state index is 13.1. The minimum Gasteiger partial charge on any atom is -0.335 e. The minimum atomic E-state index is -0.461. The lowest BCUT2D eigenvalue weighted by Crippen LogP contribution is -2.00. The summed E-state index contributed by atoms with van der Waals surface area (Å²) < 4.78 is 13.5. The predicted octanol–water partition coefficient (Wildman–Crippen LogP) is 3.65. The molecule has 2 rings (SSSR count). The van der Waals surface area contributed by atoms with Gasteiger partial charge in [0.1, 0.15) is 11.9 Å². The minimum absolute atomic E-state index is 0.177. The predicted molar refractivity (Wildman–Crippen MR) is 69.1 cm³/mol. The third-order valence-electron chi connectivity index (χ3n) is 2.09. The SMILES string of the molecule is N#Cc1ccnnc1Nc1c(Cl)cc(F)cc1Br. The fraction of sp³-hybridized carbons (Fsp3) is 0. The van der Waals surface area contributed by atoms with Gasteiger partial charge in [-0.25, -0.2) is 4.39 Å². The zero-order valence-electron chi connectivity index (χ0n) is 8.78. The normalized spacial score (nSPS) is 9.89. The lowest BCUT2D eigenvalue weighted by Gasteiger charge is -2.10. The maximum Gasteiger partial charge on any atom is 0.171 e. The lowest BCUT2D eigenvalue weighted by atomic mass is 10.2. The largest absolute Gasteiger partial charge is 0.335 e. The van der Waals surface area contributed by atoms with Crippen molar-refractivity contribution in [3.8, 4) is 6.07 Å². The van der Waals surface area contributed by atoms with Crippen molar-refractivity contribution in [2.24, 2.45) is 0 Å². The molecule has 0 radical (unpaired) electrons. The van der Waals surface area contributed by atoms with Gasteiger partial charge in [0.05, 0.1) is 22.5 Å². The van der Waals surface area contributed by atoms with Crippen molar-refractivity contribution in [2.45, 2.75) is 0 Å². The summed E-state index contributed by atoms with van der Waals surface area (Å²) in [6.07, 6.45) is 1.41. The average Bonchev–Trinajstić information content (AvgIpc) is 2.34. The van der Waals surface area contributed by atoms with Crippen LogP contribution in [0, 0.1) is 17.1 Å². The van der Waals surface area contributed by atoms with E-state index in [2.05, 4.69) is 31.4 Å². The zero-order valence-corrected chi connectivity index (χ0v) is 11.1. The van der Waals surface area contributed by atoms with E-state index in [1.165, 1.54) is 18.3 Å². The molecule has 0 spiro atoms. The highest BCUT2D eigenvalue weighted by molar-refractivity contribution is 9.10. The van der Waals surface area contributed by atoms with Crippen LogP contribution in [0.15, 0.2) is 28.9 Å². The van der Waals surface area contributed by atoms with Gasteiger partial charge in [0, 0.05) is 4.47 Å². The van der Waals surface area contributed by atoms with Gasteiger partial charge in [0.25, 0.3) is 0 Å². The molecule has 1 aromatic heterocycles. The van der Waals surface area contributed by atoms with E-state index in [1.807, 2.05) is 6.07 Å². The molecule has 4 nitrogen and oxygen atoms in total. The zero-order chi connectivity index (χ0) is 13.1. The second kappa shape index (κ2) is 5.29. The highest BCUT2D eigenvalue weighted by Gasteiger charge is 2.11. The van der Waals surface area contributed by atoms with Crippen molar-refractivity contribution in [1.82, 2.24) is 10.2 Å². The number of anilines is 2. The highest BCUT2D eigenvalue weighted by atomic mass is 79.9. The summed E-state index contributed by atoms with van der Waals surface area (Å²) in [5.74, 6) is -0.203. The van der Waals surface area contributed by atoms with Gasteiger partial charge in [-0.2, -0.15) is 10.4 Å². The fourth-order valence-electron chi connectivity index (χ4n) is 1.29. The second-order valence-corrected chi connectivity index (χ2v) is 4.54. The Morgan fingerprint density at radius 3 is 2.89 bits per heavy atom. The summed E-state index contributed by atoms with van der Waals surface area (Å²) in [6.45, 7) is 0. The molecule has 0 aliphatic heterocycles. The first-order chi connectivity index (χ1) is 8.61. The summed E-state index contributed by atoms with van der Waals surface area (Å²) in [5, 5.41) is 19.4. The number of nitrogens with zero attached hydrogens (tertiary/aromatic N) is 3. The second-order valence-electron chi connectivity index (χ2n) is 3.27. The third kappa shape index (κ3) is 2.58. The molecule has 2 aromatic rings. The molecule has 0 saturated heterocycles. The van der Waals surface area contributed by atoms with Crippen LogP contribution in [0.5, 0.6) is 0 Å². The van der Waals surface area contributed by atoms with E-state index in [4.69, 9.17) is 16.9 Å². The fourth-order valence-corrected chi connectivity index (χ4v) is 2.19. The van der Waals surface area contributed by atoms with E-state index in [1.54, 1.807) is 0 Å². The lowest BCUT2D eigenvalue weighted by molar-refractivity contribution is 0.627. The van der Waals surface area contributed by atoms with Gasteiger partial charge in [0.2, 0.25) is 0 Å². The van der Waals surface area contributed by atoms with Gasteiger partial charge in [-0.3, -0.25) is 0 Å². The van der Waals surface area contributed by atoms with Crippen LogP contribution in [-0.4, -0.2) is 10.2 Å². The highest BCUT2D eigenvalue weighted by Crippen LogP contribution is 2.34. The molecule has 1 aromatic carbocycles. The van der Waals surface area contributed by atoms with Gasteiger partial charge in [0.15, 0.2) is 5.82 Å². The Kier molecular flexibility index (Phi) is 3.75. The Hall–Kier alpha value is -1.71. The van der Waals surface area contributed by atoms with E-state index in [-0.39, 0.29) is 10.8 Å². The van der Waals surface area contributed by atoms with Crippen molar-refractivity contribution < 1.29 is 4.39 Å². The topological polar surface area (TPSA) is 61.6 Å². The van der Waals surface area contributed by atoms with Gasteiger partial charge >= 0.3 is 0 Å². The molecule has 0 aliphatic carbocycles. The van der Waals surface area contributed by atoms with E-state index in [9.17, 15) is 4.39 Å². The standard InChI is InChI=1S/C11H5BrClFN4/c12-8-3-7(14)4-9(13)10(8)17-11-6(5-15)1-2-16-18-11/h1-4H,(H,17,18). The maximum atomic E-state index is 13.1. The van der Waals surface area contributed by atoms with Gasteiger partial charge in [-0.1, -0.05) is 11.6 Å². The number of nitriles is 1. The Morgan fingerprint density at radius 1 is 1.44 bits per heavy atom. The Balaban J connectivity index is 2.44. The van der Waals surface area contributed by atoms with E-state index in [0.29, 0.717) is 15.7 Å².